The van der Waals surface area contributed by atoms with Crippen molar-refractivity contribution >= 4 is 23.7 Å². The van der Waals surface area contributed by atoms with Gasteiger partial charge in [-0.15, -0.1) is 0 Å². The highest BCUT2D eigenvalue weighted by Crippen LogP contribution is 2.19. The van der Waals surface area contributed by atoms with Gasteiger partial charge in [-0.2, -0.15) is 5.26 Å². The standard InChI is InChI=1S/C18H19N3O5/c1-12(17(24)20(2)9-5-8-19)26-16(23)11-21-15(22)10-13-6-3-4-7-14(13)18(21)25/h3-4,6-7,12H,5,9-11H2,1-2H3/t12-/m0/s1. The number of carbonyl (C=O) groups is 4. The van der Waals surface area contributed by atoms with E-state index >= 15 is 0 Å². The van der Waals surface area contributed by atoms with Gasteiger partial charge < -0.3 is 9.64 Å². The Morgan fingerprint density at radius 1 is 1.35 bits per heavy atom. The smallest absolute Gasteiger partial charge is 0.326 e. The number of hydrogen-bond acceptors (Lipinski definition) is 6. The van der Waals surface area contributed by atoms with E-state index in [2.05, 4.69) is 0 Å². The Morgan fingerprint density at radius 2 is 2.04 bits per heavy atom. The molecule has 0 saturated carbocycles. The fraction of sp³-hybridized carbons (Fsp3) is 0.389. The summed E-state index contributed by atoms with van der Waals surface area (Å²) in [6.07, 6.45) is -0.881. The van der Waals surface area contributed by atoms with Gasteiger partial charge in [-0.05, 0) is 18.6 Å². The van der Waals surface area contributed by atoms with Gasteiger partial charge in [0.05, 0.1) is 18.9 Å². The van der Waals surface area contributed by atoms with Gasteiger partial charge in [-0.1, -0.05) is 18.2 Å². The lowest BCUT2D eigenvalue weighted by Crippen LogP contribution is -2.46. The summed E-state index contributed by atoms with van der Waals surface area (Å²) in [5.74, 6) is -2.36. The van der Waals surface area contributed by atoms with Crippen molar-refractivity contribution in [3.8, 4) is 6.07 Å². The summed E-state index contributed by atoms with van der Waals surface area (Å²) in [7, 11) is 1.50. The molecule has 1 aromatic rings. The van der Waals surface area contributed by atoms with Crippen LogP contribution in [0.15, 0.2) is 24.3 Å². The minimum absolute atomic E-state index is 0.0283. The van der Waals surface area contributed by atoms with E-state index in [9.17, 15) is 19.2 Å². The first-order valence-electron chi connectivity index (χ1n) is 8.09. The third kappa shape index (κ3) is 4.25. The number of nitrogens with zero attached hydrogens (tertiary/aromatic N) is 3. The monoisotopic (exact) mass is 357 g/mol. The van der Waals surface area contributed by atoms with Gasteiger partial charge in [-0.25, -0.2) is 0 Å². The summed E-state index contributed by atoms with van der Waals surface area (Å²) in [5, 5.41) is 8.54. The molecule has 0 aliphatic carbocycles. The number of nitriles is 1. The van der Waals surface area contributed by atoms with Crippen molar-refractivity contribution in [2.75, 3.05) is 20.1 Å². The molecule has 0 N–H and O–H groups in total. The zero-order chi connectivity index (χ0) is 19.3. The van der Waals surface area contributed by atoms with Crippen molar-refractivity contribution in [1.82, 2.24) is 9.80 Å². The van der Waals surface area contributed by atoms with Gasteiger partial charge in [-0.3, -0.25) is 24.1 Å². The molecule has 0 unspecified atom stereocenters. The lowest BCUT2D eigenvalue weighted by molar-refractivity contribution is -0.160. The summed E-state index contributed by atoms with van der Waals surface area (Å²) in [5.41, 5.74) is 0.995. The highest BCUT2D eigenvalue weighted by atomic mass is 16.5. The number of ether oxygens (including phenoxy) is 1. The maximum Gasteiger partial charge on any atom is 0.326 e. The molecule has 0 saturated heterocycles. The van der Waals surface area contributed by atoms with Crippen molar-refractivity contribution in [2.24, 2.45) is 0 Å². The quantitative estimate of drug-likeness (QED) is 0.542. The number of carbonyl (C=O) groups excluding carboxylic acids is 4. The summed E-state index contributed by atoms with van der Waals surface area (Å²) < 4.78 is 5.04. The van der Waals surface area contributed by atoms with Crippen molar-refractivity contribution in [2.45, 2.75) is 25.9 Å². The predicted molar refractivity (Wildman–Crippen MR) is 89.6 cm³/mol. The van der Waals surface area contributed by atoms with Crippen LogP contribution >= 0.6 is 0 Å². The summed E-state index contributed by atoms with van der Waals surface area (Å²) in [6, 6.07) is 8.63. The normalized spacial score (nSPS) is 14.3. The SMILES string of the molecule is C[C@H](OC(=O)CN1C(=O)Cc2ccccc2C1=O)C(=O)N(C)CCC#N. The lowest BCUT2D eigenvalue weighted by Gasteiger charge is -2.26. The van der Waals surface area contributed by atoms with Crippen molar-refractivity contribution in [1.29, 1.82) is 5.26 Å². The topological polar surface area (TPSA) is 108 Å². The van der Waals surface area contributed by atoms with E-state index in [1.54, 1.807) is 24.3 Å². The van der Waals surface area contributed by atoms with E-state index in [0.29, 0.717) is 11.1 Å². The molecule has 1 aromatic carbocycles. The van der Waals surface area contributed by atoms with Crippen LogP contribution in [0.25, 0.3) is 0 Å². The molecular formula is C18H19N3O5. The molecule has 1 aliphatic rings. The maximum atomic E-state index is 12.4. The minimum atomic E-state index is -1.08. The van der Waals surface area contributed by atoms with Crippen LogP contribution in [0.1, 0.15) is 29.3 Å². The van der Waals surface area contributed by atoms with Crippen molar-refractivity contribution < 1.29 is 23.9 Å². The number of amides is 3. The van der Waals surface area contributed by atoms with Crippen LogP contribution in [0.4, 0.5) is 0 Å². The Labute approximate surface area is 150 Å². The van der Waals surface area contributed by atoms with Crippen molar-refractivity contribution in [3.63, 3.8) is 0 Å². The summed E-state index contributed by atoms with van der Waals surface area (Å²) >= 11 is 0. The molecule has 3 amide bonds. The van der Waals surface area contributed by atoms with E-state index in [1.807, 2.05) is 6.07 Å². The molecule has 1 atom stereocenters. The van der Waals surface area contributed by atoms with Crippen LogP contribution < -0.4 is 0 Å². The highest BCUT2D eigenvalue weighted by molar-refractivity contribution is 6.11. The molecule has 0 radical (unpaired) electrons. The molecule has 8 nitrogen and oxygen atoms in total. The largest absolute Gasteiger partial charge is 0.451 e. The molecule has 26 heavy (non-hydrogen) atoms. The first-order chi connectivity index (χ1) is 12.3. The van der Waals surface area contributed by atoms with Crippen LogP contribution in [-0.2, 0) is 25.5 Å². The first kappa shape index (κ1) is 19.1. The van der Waals surface area contributed by atoms with E-state index in [-0.39, 0.29) is 19.4 Å². The van der Waals surface area contributed by atoms with Gasteiger partial charge >= 0.3 is 5.97 Å². The molecule has 0 aromatic heterocycles. The number of esters is 1. The van der Waals surface area contributed by atoms with Crippen LogP contribution in [-0.4, -0.2) is 59.7 Å². The molecule has 0 bridgehead atoms. The molecule has 0 spiro atoms. The average molecular weight is 357 g/mol. The number of fused-ring (bicyclic) bond motifs is 1. The van der Waals surface area contributed by atoms with E-state index in [1.165, 1.54) is 18.9 Å². The molecule has 1 heterocycles. The summed E-state index contributed by atoms with van der Waals surface area (Å²) in [4.78, 5) is 50.8. The lowest BCUT2D eigenvalue weighted by atomic mass is 9.98. The van der Waals surface area contributed by atoms with Gasteiger partial charge in [0.1, 0.15) is 6.54 Å². The fourth-order valence-corrected chi connectivity index (χ4v) is 2.61. The molecule has 0 fully saturated rings. The molecule has 136 valence electrons. The number of rotatable bonds is 6. The Morgan fingerprint density at radius 3 is 2.73 bits per heavy atom. The van der Waals surface area contributed by atoms with Crippen LogP contribution in [0.5, 0.6) is 0 Å². The van der Waals surface area contributed by atoms with Crippen LogP contribution in [0.2, 0.25) is 0 Å². The second-order valence-corrected chi connectivity index (χ2v) is 5.92. The first-order valence-corrected chi connectivity index (χ1v) is 8.09. The fourth-order valence-electron chi connectivity index (χ4n) is 2.61. The van der Waals surface area contributed by atoms with Crippen molar-refractivity contribution in [3.05, 3.63) is 35.4 Å². The number of imide groups is 1. The van der Waals surface area contributed by atoms with E-state index < -0.39 is 36.3 Å². The van der Waals surface area contributed by atoms with Gasteiger partial charge in [0.15, 0.2) is 6.10 Å². The Kier molecular flexibility index (Phi) is 6.07. The van der Waals surface area contributed by atoms with Gasteiger partial charge in [0.2, 0.25) is 5.91 Å². The zero-order valence-corrected chi connectivity index (χ0v) is 14.6. The van der Waals surface area contributed by atoms with E-state index in [0.717, 1.165) is 4.90 Å². The van der Waals surface area contributed by atoms with Gasteiger partial charge in [0.25, 0.3) is 11.8 Å². The number of likely N-dealkylation sites (N-methyl/N-ethyl adjacent to an activating group) is 1. The second-order valence-electron chi connectivity index (χ2n) is 5.92. The zero-order valence-electron chi connectivity index (χ0n) is 14.6. The third-order valence-electron chi connectivity index (χ3n) is 4.01. The molecule has 8 heteroatoms. The second kappa shape index (κ2) is 8.25. The highest BCUT2D eigenvalue weighted by Gasteiger charge is 2.33. The Balaban J connectivity index is 1.97. The predicted octanol–water partition coefficient (Wildman–Crippen LogP) is 0.515. The minimum Gasteiger partial charge on any atom is -0.451 e. The number of hydrogen-bond donors (Lipinski definition) is 0. The van der Waals surface area contributed by atoms with E-state index in [4.69, 9.17) is 10.00 Å². The molecular weight excluding hydrogens is 338 g/mol. The Bertz CT molecular complexity index is 783. The van der Waals surface area contributed by atoms with Crippen LogP contribution in [0.3, 0.4) is 0 Å². The number of benzene rings is 1. The molecule has 1 aliphatic heterocycles. The maximum absolute atomic E-state index is 12.4. The average Bonchev–Trinajstić information content (AvgIpc) is 2.62. The third-order valence-corrected chi connectivity index (χ3v) is 4.01. The summed E-state index contributed by atoms with van der Waals surface area (Å²) in [6.45, 7) is 1.07. The van der Waals surface area contributed by atoms with Crippen LogP contribution in [0, 0.1) is 11.3 Å². The Hall–Kier alpha value is -3.21. The molecule has 2 rings (SSSR count). The van der Waals surface area contributed by atoms with Gasteiger partial charge in [0, 0.05) is 19.2 Å².